The first-order chi connectivity index (χ1) is 63.3. The highest BCUT2D eigenvalue weighted by Crippen LogP contribution is 2.51. The molecule has 133 heavy (non-hydrogen) atoms. The topological polar surface area (TPSA) is 607 Å². The number of nitrogens with zero attached hydrogens (tertiary/aromatic N) is 1. The maximum atomic E-state index is 16.3. The Labute approximate surface area is 768 Å². The Morgan fingerprint density at radius 3 is 1.97 bits per heavy atom. The number of carboxylic acid groups (broad SMARTS) is 1. The van der Waals surface area contributed by atoms with Crippen molar-refractivity contribution in [3.63, 3.8) is 0 Å². The number of carboxylic acids is 1. The van der Waals surface area contributed by atoms with Gasteiger partial charge in [0.15, 0.2) is 29.9 Å². The zero-order chi connectivity index (χ0) is 95.9. The number of aliphatic hydroxyl groups excluding tert-OH is 6. The van der Waals surface area contributed by atoms with E-state index in [0.29, 0.717) is 23.3 Å². The monoisotopic (exact) mass is 1880 g/mol. The van der Waals surface area contributed by atoms with Crippen LogP contribution in [0.3, 0.4) is 0 Å². The smallest absolute Gasteiger partial charge is 0.330 e. The van der Waals surface area contributed by atoms with Gasteiger partial charge in [-0.25, -0.2) is 4.79 Å². The highest BCUT2D eigenvalue weighted by Gasteiger charge is 2.53. The van der Waals surface area contributed by atoms with E-state index < -0.39 is 259 Å². The van der Waals surface area contributed by atoms with Crippen LogP contribution in [0.25, 0.3) is 11.1 Å². The van der Waals surface area contributed by atoms with E-state index in [9.17, 15) is 80.4 Å². The van der Waals surface area contributed by atoms with Crippen LogP contribution in [0.2, 0.25) is 10.0 Å². The molecule has 0 spiro atoms. The van der Waals surface area contributed by atoms with Gasteiger partial charge >= 0.3 is 11.7 Å². The number of benzene rings is 8. The second-order valence-corrected chi connectivity index (χ2v) is 34.0. The number of aromatic hydroxyl groups is 3. The van der Waals surface area contributed by atoms with Crippen molar-refractivity contribution in [1.82, 2.24) is 47.9 Å². The normalized spacial score (nSPS) is 25.0. The number of halogens is 2. The predicted octanol–water partition coefficient (Wildman–Crippen LogP) is 4.93. The quantitative estimate of drug-likeness (QED) is 0.0194. The predicted molar refractivity (Wildman–Crippen MR) is 469 cm³/mol. The molecule has 8 unspecified atom stereocenters. The summed E-state index contributed by atoms with van der Waals surface area (Å²) in [6, 6.07) is 17.8. The van der Waals surface area contributed by atoms with Gasteiger partial charge < -0.3 is 143 Å². The molecule has 11 bridgehead atoms. The fourth-order valence-corrected chi connectivity index (χ4v) is 16.6. The highest BCUT2D eigenvalue weighted by atomic mass is 35.5. The molecule has 2 saturated heterocycles. The molecule has 40 nitrogen and oxygen atoms in total. The van der Waals surface area contributed by atoms with Crippen molar-refractivity contribution in [2.24, 2.45) is 11.7 Å². The Bertz CT molecular complexity index is 5750. The highest BCUT2D eigenvalue weighted by molar-refractivity contribution is 6.32. The summed E-state index contributed by atoms with van der Waals surface area (Å²) < 4.78 is 51.4. The van der Waals surface area contributed by atoms with Gasteiger partial charge in [-0.15, -0.1) is 0 Å². The summed E-state index contributed by atoms with van der Waals surface area (Å²) in [7, 11) is 1.47. The van der Waals surface area contributed by atoms with Crippen LogP contribution in [0.4, 0.5) is 5.69 Å². The second kappa shape index (κ2) is 41.8. The molecule has 8 aromatic carbocycles. The molecule has 21 N–H and O–H groups in total. The number of aliphatic carboxylic acids is 1. The summed E-state index contributed by atoms with van der Waals surface area (Å²) in [5, 5.41) is 152. The number of ether oxygens (including phenoxy) is 8. The number of nitrogens with one attached hydrogen (secondary N) is 9. The van der Waals surface area contributed by atoms with E-state index in [0.717, 1.165) is 72.3 Å². The second-order valence-electron chi connectivity index (χ2n) is 33.2. The number of hydrogen-bond donors (Lipinski definition) is 20. The fraction of sp³-hybridized carbons (Fsp3) is 0.374. The Morgan fingerprint density at radius 1 is 0.692 bits per heavy atom. The molecule has 706 valence electrons. The summed E-state index contributed by atoms with van der Waals surface area (Å²) in [4.78, 5) is 144. The number of carbonyl (C=O) groups is 9. The van der Waals surface area contributed by atoms with Gasteiger partial charge in [0.05, 0.1) is 52.9 Å². The van der Waals surface area contributed by atoms with Crippen LogP contribution in [-0.2, 0) is 65.7 Å². The summed E-state index contributed by atoms with van der Waals surface area (Å²) >= 11 is 14.3. The van der Waals surface area contributed by atoms with Crippen molar-refractivity contribution < 1.29 is 137 Å². The lowest BCUT2D eigenvalue weighted by Gasteiger charge is -2.48. The molecule has 2 fully saturated rings. The van der Waals surface area contributed by atoms with Gasteiger partial charge in [-0.1, -0.05) is 104 Å². The lowest BCUT2D eigenvalue weighted by molar-refractivity contribution is -0.386. The Morgan fingerprint density at radius 2 is 1.34 bits per heavy atom. The van der Waals surface area contributed by atoms with Crippen molar-refractivity contribution in [3.05, 3.63) is 216 Å². The van der Waals surface area contributed by atoms with E-state index in [-0.39, 0.29) is 78.8 Å². The van der Waals surface area contributed by atoms with Gasteiger partial charge in [-0.05, 0) is 158 Å². The number of fused-ring (bicyclic) bond motifs is 15. The molecule has 7 heterocycles. The van der Waals surface area contributed by atoms with Gasteiger partial charge in [-0.3, -0.25) is 48.5 Å². The summed E-state index contributed by atoms with van der Waals surface area (Å²) in [6.45, 7) is 7.77. The van der Waals surface area contributed by atoms with Crippen LogP contribution in [-0.4, -0.2) is 215 Å². The fourth-order valence-electron chi connectivity index (χ4n) is 16.2. The molecule has 7 aliphatic rings. The molecule has 0 aromatic heterocycles. The molecule has 0 aliphatic carbocycles. The van der Waals surface area contributed by atoms with Gasteiger partial charge in [0.25, 0.3) is 5.91 Å². The number of amides is 8. The van der Waals surface area contributed by atoms with Crippen molar-refractivity contribution in [1.29, 1.82) is 0 Å². The van der Waals surface area contributed by atoms with Gasteiger partial charge in [-0.2, -0.15) is 0 Å². The lowest BCUT2D eigenvalue weighted by Crippen LogP contribution is -2.65. The number of phenolic OH excluding ortho intramolecular Hbond substituents is 3. The molecule has 8 aromatic rings. The third-order valence-corrected chi connectivity index (χ3v) is 23.8. The summed E-state index contributed by atoms with van der Waals surface area (Å²) in [5.41, 5.74) is 2.73. The minimum Gasteiger partial charge on any atom is -0.508 e. The average Bonchev–Trinajstić information content (AvgIpc) is 0.763. The average molecular weight is 1880 g/mol. The molecule has 15 rings (SSSR count). The van der Waals surface area contributed by atoms with Crippen LogP contribution >= 0.6 is 23.2 Å². The zero-order valence-corrected chi connectivity index (χ0v) is 73.6. The maximum absolute atomic E-state index is 16.3. The standard InChI is InChI=1S/C91H99Cl2N11O29/c1-40(2)27-56(95-6)83(116)102-71-74(110)46-17-23-60(54(92)29-46)129-62-31-48-32-63(130-61-24-18-47(30-55(61)93)75(111)72-88(121)101-70(89(122)123)53-33-49(106)34-59(108)67(53)52-28-45(16-22-58(52)107)68(85(118)103-72)100-86(119)69(48)99-84(117)57(35-65(94)109)98-87(71)120)79(62)133-90-80(77(113)76(112)64(38-105)131-90)132-66-36-91(5,81(114)42(4)128-66)97-37-43-14-19-50(20-15-43)126-26-10-25-96-82(115)51-21-13-41(3)78(73(51)104(124)125)127-39-44-11-8-7-9-12-44/h7-9,11-24,28-34,40,42,56-57,64,66,68-72,74-77,80-81,90,95,97,105-108,110-114H,10,25-27,35-39H2,1-6H3,(H2,94,109)(H,96,115)(H,98,120)(H,99,117)(H,100,119)(H,101,121)(H,102,116)(H,103,118)(H,122,123)/t42?,56?,57-,64?,66+,68+,69+,70+,71?,72-,74+,75?,76+,77?,80-,81+,90?,91?/m0/s1. The number of aryl methyl sites for hydroxylation is 1. The number of rotatable bonds is 26. The Hall–Kier alpha value is -13.1. The SMILES string of the molecule is CNC(CC(C)C)C(=O)NC1C(=O)N[C@@H](CC(N)=O)C(=O)N[C@H]2C(=O)N[C@H]3C(=O)N[C@H](C(=O)N[C@@H](C(=O)O)c4cc(O)cc(O)c4-c4cc3ccc4O)C(O)c3ccc(c(Cl)c3)Oc3cc2cc(c3OC2OC(CO)[C@@H](O)C(O)[C@@H]2O[C@@H]2CC(C)(NCc3ccc(OCCCNC(=O)c4ccc(C)c(OCc5ccccc5)c4[N+](=O)[O-])cc3)[C@H](O)C(C)O2)Oc2ccc(cc2Cl)[C@H]1O. The first-order valence-electron chi connectivity index (χ1n) is 42.2. The minimum absolute atomic E-state index is 0.0288. The molecule has 18 atom stereocenters. The summed E-state index contributed by atoms with van der Waals surface area (Å²) in [6.07, 6.45) is -19.0. The Kier molecular flexibility index (Phi) is 30.6. The third kappa shape index (κ3) is 22.2. The zero-order valence-electron chi connectivity index (χ0n) is 72.1. The molecular weight excluding hydrogens is 1780 g/mol. The molecule has 0 radical (unpaired) electrons. The van der Waals surface area contributed by atoms with Gasteiger partial charge in [0.1, 0.15) is 107 Å². The van der Waals surface area contributed by atoms with Gasteiger partial charge in [0, 0.05) is 47.8 Å². The molecular formula is C91H99Cl2N11O29. The number of aliphatic hydroxyl groups is 6. The summed E-state index contributed by atoms with van der Waals surface area (Å²) in [5.74, 6) is -16.7. The minimum atomic E-state index is -2.40. The van der Waals surface area contributed by atoms with Crippen LogP contribution in [0.15, 0.2) is 146 Å². The number of nitro groups is 1. The van der Waals surface area contributed by atoms with E-state index in [1.165, 1.54) is 32.2 Å². The van der Waals surface area contributed by atoms with E-state index in [4.69, 9.17) is 66.8 Å². The van der Waals surface area contributed by atoms with Gasteiger partial charge in [0.2, 0.25) is 59.1 Å². The van der Waals surface area contributed by atoms with E-state index in [2.05, 4.69) is 47.9 Å². The number of likely N-dealkylation sites (N-methyl/N-ethyl adjacent to an activating group) is 1. The van der Waals surface area contributed by atoms with Crippen molar-refractivity contribution in [2.45, 2.75) is 183 Å². The van der Waals surface area contributed by atoms with E-state index in [1.807, 2.05) is 19.9 Å². The number of carbonyl (C=O) groups excluding carboxylic acids is 8. The van der Waals surface area contributed by atoms with Crippen molar-refractivity contribution in [2.75, 3.05) is 26.8 Å². The molecule has 0 saturated carbocycles. The number of phenols is 3. The number of nitrogens with two attached hydrogens (primary N) is 1. The van der Waals surface area contributed by atoms with Crippen molar-refractivity contribution >= 4 is 82.1 Å². The number of primary amides is 1. The lowest BCUT2D eigenvalue weighted by atomic mass is 9.84. The van der Waals surface area contributed by atoms with Crippen molar-refractivity contribution in [3.8, 4) is 68.6 Å². The van der Waals surface area contributed by atoms with Crippen LogP contribution in [0.5, 0.6) is 57.5 Å². The van der Waals surface area contributed by atoms with Crippen LogP contribution in [0.1, 0.15) is 139 Å². The van der Waals surface area contributed by atoms with E-state index >= 15 is 24.0 Å². The van der Waals surface area contributed by atoms with E-state index in [1.54, 1.807) is 68.4 Å². The third-order valence-electron chi connectivity index (χ3n) is 23.2. The maximum Gasteiger partial charge on any atom is 0.330 e. The molecule has 8 amide bonds. The molecule has 7 aliphatic heterocycles. The molecule has 42 heteroatoms. The first kappa shape index (κ1) is 97.5. The number of hydrogen-bond acceptors (Lipinski definition) is 30. The largest absolute Gasteiger partial charge is 0.508 e. The van der Waals surface area contributed by atoms with Crippen LogP contribution < -0.4 is 77.3 Å². The Balaban J connectivity index is 0.863. The first-order valence-corrected chi connectivity index (χ1v) is 42.9. The van der Waals surface area contributed by atoms with Crippen LogP contribution in [0, 0.1) is 23.0 Å². The number of nitro benzene ring substituents is 1.